The molecule has 74 valence electrons. The number of pyridine rings is 1. The van der Waals surface area contributed by atoms with E-state index in [1.807, 2.05) is 0 Å². The van der Waals surface area contributed by atoms with Crippen molar-refractivity contribution in [3.8, 4) is 5.88 Å². The zero-order chi connectivity index (χ0) is 10.2. The number of nitrogens with one attached hydrogen (secondary N) is 1. The lowest BCUT2D eigenvalue weighted by Gasteiger charge is -2.06. The van der Waals surface area contributed by atoms with Gasteiger partial charge in [0.2, 0.25) is 5.88 Å². The summed E-state index contributed by atoms with van der Waals surface area (Å²) in [5.41, 5.74) is 0.367. The van der Waals surface area contributed by atoms with Gasteiger partial charge < -0.3 is 9.72 Å². The number of ether oxygens (including phenoxy) is 1. The van der Waals surface area contributed by atoms with Crippen molar-refractivity contribution in [2.45, 2.75) is 6.36 Å². The van der Waals surface area contributed by atoms with Crippen LogP contribution in [0.3, 0.4) is 0 Å². The second-order valence-corrected chi connectivity index (χ2v) is 2.61. The van der Waals surface area contributed by atoms with E-state index in [9.17, 15) is 13.2 Å². The van der Waals surface area contributed by atoms with Gasteiger partial charge in [0.05, 0.1) is 0 Å². The molecule has 0 fully saturated rings. The van der Waals surface area contributed by atoms with E-state index in [0.29, 0.717) is 5.65 Å². The molecule has 0 bridgehead atoms. The van der Waals surface area contributed by atoms with Crippen LogP contribution in [-0.2, 0) is 0 Å². The van der Waals surface area contributed by atoms with Crippen LogP contribution in [0, 0.1) is 0 Å². The molecule has 0 aliphatic heterocycles. The standard InChI is InChI=1S/C8H5F3N2O/c9-8(10,11)14-6-2-1-5-3-4-12-7(5)13-6/h1-4H,(H,12,13). The largest absolute Gasteiger partial charge is 0.574 e. The Morgan fingerprint density at radius 3 is 2.71 bits per heavy atom. The molecule has 0 aromatic carbocycles. The lowest BCUT2D eigenvalue weighted by atomic mass is 10.3. The minimum atomic E-state index is -4.70. The van der Waals surface area contributed by atoms with E-state index < -0.39 is 12.2 Å². The molecule has 2 heterocycles. The predicted molar refractivity (Wildman–Crippen MR) is 42.8 cm³/mol. The Morgan fingerprint density at radius 2 is 2.00 bits per heavy atom. The fraction of sp³-hybridized carbons (Fsp3) is 0.125. The van der Waals surface area contributed by atoms with E-state index >= 15 is 0 Å². The molecule has 3 nitrogen and oxygen atoms in total. The van der Waals surface area contributed by atoms with E-state index in [-0.39, 0.29) is 0 Å². The molecule has 0 atom stereocenters. The molecule has 1 N–H and O–H groups in total. The van der Waals surface area contributed by atoms with Crippen molar-refractivity contribution in [3.05, 3.63) is 24.4 Å². The first kappa shape index (κ1) is 8.86. The van der Waals surface area contributed by atoms with Crippen LogP contribution in [0.15, 0.2) is 24.4 Å². The topological polar surface area (TPSA) is 37.9 Å². The summed E-state index contributed by atoms with van der Waals surface area (Å²) < 4.78 is 39.0. The predicted octanol–water partition coefficient (Wildman–Crippen LogP) is 2.46. The summed E-state index contributed by atoms with van der Waals surface area (Å²) in [5, 5.41) is 0.736. The SMILES string of the molecule is FC(F)(F)Oc1ccc2cc[nH]c2n1. The average Bonchev–Trinajstić information content (AvgIpc) is 2.47. The van der Waals surface area contributed by atoms with Crippen molar-refractivity contribution in [1.82, 2.24) is 9.97 Å². The Balaban J connectivity index is 2.35. The number of aromatic nitrogens is 2. The number of alkyl halides is 3. The average molecular weight is 202 g/mol. The van der Waals surface area contributed by atoms with Gasteiger partial charge in [0.1, 0.15) is 5.65 Å². The summed E-state index contributed by atoms with van der Waals surface area (Å²) >= 11 is 0. The first-order chi connectivity index (χ1) is 6.54. The maximum atomic E-state index is 11.8. The van der Waals surface area contributed by atoms with Crippen molar-refractivity contribution in [2.24, 2.45) is 0 Å². The zero-order valence-electron chi connectivity index (χ0n) is 6.80. The molecule has 2 aromatic heterocycles. The maximum Gasteiger partial charge on any atom is 0.574 e. The van der Waals surface area contributed by atoms with Gasteiger partial charge in [-0.1, -0.05) is 0 Å². The summed E-state index contributed by atoms with van der Waals surface area (Å²) in [7, 11) is 0. The smallest absolute Gasteiger partial charge is 0.388 e. The number of aromatic amines is 1. The molecule has 0 saturated heterocycles. The molecule has 0 unspecified atom stereocenters. The molecular weight excluding hydrogens is 197 g/mol. The van der Waals surface area contributed by atoms with Crippen molar-refractivity contribution in [1.29, 1.82) is 0 Å². The summed E-state index contributed by atoms with van der Waals surface area (Å²) in [6.45, 7) is 0. The molecule has 0 aliphatic rings. The molecule has 0 spiro atoms. The molecule has 2 rings (SSSR count). The summed E-state index contributed by atoms with van der Waals surface area (Å²) in [6, 6.07) is 4.38. The van der Waals surface area contributed by atoms with Crippen LogP contribution in [0.5, 0.6) is 5.88 Å². The molecule has 0 aliphatic carbocycles. The van der Waals surface area contributed by atoms with Crippen LogP contribution in [0.1, 0.15) is 0 Å². The quantitative estimate of drug-likeness (QED) is 0.771. The highest BCUT2D eigenvalue weighted by Gasteiger charge is 2.31. The fourth-order valence-corrected chi connectivity index (χ4v) is 1.09. The normalized spacial score (nSPS) is 11.9. The van der Waals surface area contributed by atoms with Crippen LogP contribution in [-0.4, -0.2) is 16.3 Å². The molecule has 0 radical (unpaired) electrons. The zero-order valence-corrected chi connectivity index (χ0v) is 6.80. The third-order valence-electron chi connectivity index (χ3n) is 1.60. The highest BCUT2D eigenvalue weighted by atomic mass is 19.4. The number of halogens is 3. The molecule has 0 saturated carbocycles. The van der Waals surface area contributed by atoms with Crippen LogP contribution in [0.25, 0.3) is 11.0 Å². The highest BCUT2D eigenvalue weighted by Crippen LogP contribution is 2.22. The second kappa shape index (κ2) is 2.90. The van der Waals surface area contributed by atoms with Gasteiger partial charge in [-0.25, -0.2) is 0 Å². The van der Waals surface area contributed by atoms with Crippen molar-refractivity contribution >= 4 is 11.0 Å². The van der Waals surface area contributed by atoms with E-state index in [1.165, 1.54) is 12.1 Å². The van der Waals surface area contributed by atoms with Gasteiger partial charge in [-0.15, -0.1) is 13.2 Å². The van der Waals surface area contributed by atoms with E-state index in [4.69, 9.17) is 0 Å². The van der Waals surface area contributed by atoms with Gasteiger partial charge in [-0.3, -0.25) is 0 Å². The van der Waals surface area contributed by atoms with Crippen molar-refractivity contribution in [3.63, 3.8) is 0 Å². The van der Waals surface area contributed by atoms with Gasteiger partial charge >= 0.3 is 6.36 Å². The number of hydrogen-bond donors (Lipinski definition) is 1. The van der Waals surface area contributed by atoms with Crippen LogP contribution in [0.4, 0.5) is 13.2 Å². The number of nitrogens with zero attached hydrogens (tertiary/aromatic N) is 1. The van der Waals surface area contributed by atoms with Gasteiger partial charge in [0.15, 0.2) is 0 Å². The lowest BCUT2D eigenvalue weighted by Crippen LogP contribution is -2.17. The number of H-pyrrole nitrogens is 1. The molecule has 14 heavy (non-hydrogen) atoms. The Bertz CT molecular complexity index is 449. The fourth-order valence-electron chi connectivity index (χ4n) is 1.09. The number of rotatable bonds is 1. The third-order valence-corrected chi connectivity index (χ3v) is 1.60. The van der Waals surface area contributed by atoms with Gasteiger partial charge in [-0.05, 0) is 12.1 Å². The van der Waals surface area contributed by atoms with Gasteiger partial charge in [0.25, 0.3) is 0 Å². The Labute approximate surface area is 76.5 Å². The number of fused-ring (bicyclic) bond motifs is 1. The minimum absolute atomic E-state index is 0.367. The van der Waals surface area contributed by atoms with Crippen molar-refractivity contribution in [2.75, 3.05) is 0 Å². The van der Waals surface area contributed by atoms with Crippen LogP contribution in [0.2, 0.25) is 0 Å². The maximum absolute atomic E-state index is 11.8. The summed E-state index contributed by atoms with van der Waals surface area (Å²) in [4.78, 5) is 6.31. The summed E-state index contributed by atoms with van der Waals surface area (Å²) in [6.07, 6.45) is -3.11. The van der Waals surface area contributed by atoms with Gasteiger partial charge in [0, 0.05) is 17.6 Å². The molecule has 2 aromatic rings. The summed E-state index contributed by atoms with van der Waals surface area (Å²) in [5.74, 6) is -0.465. The molecule has 6 heteroatoms. The Morgan fingerprint density at radius 1 is 1.21 bits per heavy atom. The third kappa shape index (κ3) is 1.78. The second-order valence-electron chi connectivity index (χ2n) is 2.61. The monoisotopic (exact) mass is 202 g/mol. The highest BCUT2D eigenvalue weighted by molar-refractivity contribution is 5.75. The first-order valence-electron chi connectivity index (χ1n) is 3.74. The van der Waals surface area contributed by atoms with Gasteiger partial charge in [-0.2, -0.15) is 4.98 Å². The molecule has 0 amide bonds. The first-order valence-corrected chi connectivity index (χ1v) is 3.74. The Kier molecular flexibility index (Phi) is 1.83. The van der Waals surface area contributed by atoms with Crippen LogP contribution < -0.4 is 4.74 Å². The molecular formula is C8H5F3N2O. The minimum Gasteiger partial charge on any atom is -0.388 e. The number of hydrogen-bond acceptors (Lipinski definition) is 2. The Hall–Kier alpha value is -1.72. The van der Waals surface area contributed by atoms with E-state index in [0.717, 1.165) is 5.39 Å². The van der Waals surface area contributed by atoms with E-state index in [2.05, 4.69) is 14.7 Å². The van der Waals surface area contributed by atoms with E-state index in [1.54, 1.807) is 12.3 Å². The van der Waals surface area contributed by atoms with Crippen LogP contribution >= 0.6 is 0 Å². The van der Waals surface area contributed by atoms with Crippen molar-refractivity contribution < 1.29 is 17.9 Å². The lowest BCUT2D eigenvalue weighted by molar-refractivity contribution is -0.276.